The van der Waals surface area contributed by atoms with Crippen LogP contribution in [0.5, 0.6) is 5.75 Å². The number of nitrogens with one attached hydrogen (secondary N) is 1. The maximum atomic E-state index is 5.68. The van der Waals surface area contributed by atoms with Crippen molar-refractivity contribution in [2.24, 2.45) is 0 Å². The van der Waals surface area contributed by atoms with E-state index in [0.717, 1.165) is 35.5 Å². The van der Waals surface area contributed by atoms with Crippen LogP contribution in [0.2, 0.25) is 0 Å². The number of hydrogen-bond donors (Lipinski definition) is 1. The lowest BCUT2D eigenvalue weighted by Crippen LogP contribution is -2.27. The molecule has 1 aliphatic rings. The first kappa shape index (κ1) is 12.6. The van der Waals surface area contributed by atoms with Gasteiger partial charge in [-0.2, -0.15) is 0 Å². The van der Waals surface area contributed by atoms with E-state index in [1.54, 1.807) is 0 Å². The number of benzene rings is 1. The third kappa shape index (κ3) is 2.96. The van der Waals surface area contributed by atoms with Crippen molar-refractivity contribution in [2.45, 2.75) is 19.0 Å². The first-order valence-corrected chi connectivity index (χ1v) is 7.18. The quantitative estimate of drug-likeness (QED) is 0.941. The minimum atomic E-state index is 0.322. The molecule has 0 bridgehead atoms. The summed E-state index contributed by atoms with van der Waals surface area (Å²) in [7, 11) is 0. The lowest BCUT2D eigenvalue weighted by atomic mass is 10.0. The number of halogens is 1. The summed E-state index contributed by atoms with van der Waals surface area (Å²) in [5, 5.41) is 3.56. The molecule has 0 saturated heterocycles. The molecule has 19 heavy (non-hydrogen) atoms. The zero-order valence-corrected chi connectivity index (χ0v) is 12.1. The first-order valence-electron chi connectivity index (χ1n) is 6.38. The van der Waals surface area contributed by atoms with Crippen LogP contribution in [0.3, 0.4) is 0 Å². The Bertz CT molecular complexity index is 559. The summed E-state index contributed by atoms with van der Waals surface area (Å²) in [5.74, 6) is 0.980. The van der Waals surface area contributed by atoms with Crippen molar-refractivity contribution >= 4 is 15.9 Å². The van der Waals surface area contributed by atoms with Crippen molar-refractivity contribution in [3.05, 3.63) is 58.3 Å². The molecule has 0 radical (unpaired) electrons. The third-order valence-corrected chi connectivity index (χ3v) is 3.76. The minimum Gasteiger partial charge on any atom is -0.493 e. The maximum absolute atomic E-state index is 5.68. The summed E-state index contributed by atoms with van der Waals surface area (Å²) in [6, 6.07) is 12.5. The molecule has 2 aromatic rings. The Balaban J connectivity index is 1.75. The van der Waals surface area contributed by atoms with E-state index in [9.17, 15) is 0 Å². The Hall–Kier alpha value is -1.39. The van der Waals surface area contributed by atoms with Crippen LogP contribution in [-0.2, 0) is 6.54 Å². The van der Waals surface area contributed by atoms with Gasteiger partial charge in [-0.1, -0.05) is 22.0 Å². The molecule has 98 valence electrons. The van der Waals surface area contributed by atoms with Crippen LogP contribution in [0.1, 0.15) is 23.7 Å². The van der Waals surface area contributed by atoms with Gasteiger partial charge in [-0.25, -0.2) is 0 Å². The zero-order chi connectivity index (χ0) is 13.1. The molecule has 3 nitrogen and oxygen atoms in total. The second-order valence-electron chi connectivity index (χ2n) is 4.57. The highest BCUT2D eigenvalue weighted by atomic mass is 79.9. The summed E-state index contributed by atoms with van der Waals surface area (Å²) >= 11 is 3.52. The van der Waals surface area contributed by atoms with Crippen LogP contribution in [0, 0.1) is 0 Å². The Morgan fingerprint density at radius 1 is 1.32 bits per heavy atom. The molecule has 3 rings (SSSR count). The lowest BCUT2D eigenvalue weighted by Gasteiger charge is -2.27. The SMILES string of the molecule is Brc1ccc2c(c1)C(NCc1ccccn1)CCO2. The van der Waals surface area contributed by atoms with E-state index in [4.69, 9.17) is 4.74 Å². The highest BCUT2D eigenvalue weighted by molar-refractivity contribution is 9.10. The second kappa shape index (κ2) is 5.72. The van der Waals surface area contributed by atoms with Crippen molar-refractivity contribution in [1.82, 2.24) is 10.3 Å². The van der Waals surface area contributed by atoms with Crippen LogP contribution < -0.4 is 10.1 Å². The van der Waals surface area contributed by atoms with E-state index in [1.807, 2.05) is 36.5 Å². The molecule has 2 heterocycles. The predicted molar refractivity (Wildman–Crippen MR) is 78.1 cm³/mol. The average molecular weight is 319 g/mol. The van der Waals surface area contributed by atoms with Crippen molar-refractivity contribution in [1.29, 1.82) is 0 Å². The molecule has 0 amide bonds. The van der Waals surface area contributed by atoms with Gasteiger partial charge in [-0.3, -0.25) is 4.98 Å². The summed E-state index contributed by atoms with van der Waals surface area (Å²) in [6.45, 7) is 1.53. The molecule has 0 spiro atoms. The predicted octanol–water partition coefficient (Wildman–Crippen LogP) is 3.46. The Morgan fingerprint density at radius 3 is 3.11 bits per heavy atom. The van der Waals surface area contributed by atoms with Gasteiger partial charge in [0.1, 0.15) is 5.75 Å². The van der Waals surface area contributed by atoms with E-state index in [-0.39, 0.29) is 0 Å². The van der Waals surface area contributed by atoms with Gasteiger partial charge in [0.15, 0.2) is 0 Å². The lowest BCUT2D eigenvalue weighted by molar-refractivity contribution is 0.252. The Morgan fingerprint density at radius 2 is 2.26 bits per heavy atom. The molecular formula is C15H15BrN2O. The monoisotopic (exact) mass is 318 g/mol. The molecule has 1 N–H and O–H groups in total. The normalized spacial score (nSPS) is 17.6. The fourth-order valence-corrected chi connectivity index (χ4v) is 2.69. The highest BCUT2D eigenvalue weighted by Gasteiger charge is 2.21. The summed E-state index contributed by atoms with van der Waals surface area (Å²) in [6.07, 6.45) is 2.81. The van der Waals surface area contributed by atoms with Crippen LogP contribution >= 0.6 is 15.9 Å². The van der Waals surface area contributed by atoms with Crippen LogP contribution in [0.4, 0.5) is 0 Å². The largest absolute Gasteiger partial charge is 0.493 e. The van der Waals surface area contributed by atoms with E-state index in [2.05, 4.69) is 32.3 Å². The Kier molecular flexibility index (Phi) is 3.80. The van der Waals surface area contributed by atoms with Crippen molar-refractivity contribution in [3.8, 4) is 5.75 Å². The van der Waals surface area contributed by atoms with Gasteiger partial charge in [0, 0.05) is 35.2 Å². The molecule has 1 aliphatic heterocycles. The zero-order valence-electron chi connectivity index (χ0n) is 10.5. The molecule has 1 atom stereocenters. The molecular weight excluding hydrogens is 304 g/mol. The van der Waals surface area contributed by atoms with E-state index < -0.39 is 0 Å². The molecule has 1 aromatic carbocycles. The minimum absolute atomic E-state index is 0.322. The maximum Gasteiger partial charge on any atom is 0.124 e. The molecule has 0 saturated carbocycles. The number of hydrogen-bond acceptors (Lipinski definition) is 3. The summed E-state index contributed by atoms with van der Waals surface area (Å²) in [4.78, 5) is 4.33. The van der Waals surface area contributed by atoms with Crippen molar-refractivity contribution < 1.29 is 4.74 Å². The average Bonchev–Trinajstić information content (AvgIpc) is 2.46. The van der Waals surface area contributed by atoms with Gasteiger partial charge in [-0.05, 0) is 30.3 Å². The van der Waals surface area contributed by atoms with Crippen LogP contribution in [0.25, 0.3) is 0 Å². The summed E-state index contributed by atoms with van der Waals surface area (Å²) in [5.41, 5.74) is 2.28. The van der Waals surface area contributed by atoms with E-state index in [1.165, 1.54) is 5.56 Å². The molecule has 4 heteroatoms. The van der Waals surface area contributed by atoms with E-state index in [0.29, 0.717) is 6.04 Å². The van der Waals surface area contributed by atoms with Gasteiger partial charge in [0.25, 0.3) is 0 Å². The molecule has 0 fully saturated rings. The van der Waals surface area contributed by atoms with Gasteiger partial charge < -0.3 is 10.1 Å². The first-order chi connectivity index (χ1) is 9.33. The van der Waals surface area contributed by atoms with Gasteiger partial charge in [0.05, 0.1) is 12.3 Å². The summed E-state index contributed by atoms with van der Waals surface area (Å²) < 4.78 is 6.77. The third-order valence-electron chi connectivity index (χ3n) is 3.27. The second-order valence-corrected chi connectivity index (χ2v) is 5.49. The van der Waals surface area contributed by atoms with Crippen LogP contribution in [0.15, 0.2) is 47.1 Å². The number of ether oxygens (including phenoxy) is 1. The number of fused-ring (bicyclic) bond motifs is 1. The van der Waals surface area contributed by atoms with E-state index >= 15 is 0 Å². The Labute approximate surface area is 121 Å². The molecule has 1 aromatic heterocycles. The smallest absolute Gasteiger partial charge is 0.124 e. The fourth-order valence-electron chi connectivity index (χ4n) is 2.31. The highest BCUT2D eigenvalue weighted by Crippen LogP contribution is 2.34. The van der Waals surface area contributed by atoms with Gasteiger partial charge >= 0.3 is 0 Å². The van der Waals surface area contributed by atoms with Crippen LogP contribution in [-0.4, -0.2) is 11.6 Å². The number of pyridine rings is 1. The standard InChI is InChI=1S/C15H15BrN2O/c16-11-4-5-15-13(9-11)14(6-8-19-15)18-10-12-3-1-2-7-17-12/h1-5,7,9,14,18H,6,8,10H2. The number of nitrogens with zero attached hydrogens (tertiary/aromatic N) is 1. The number of aromatic nitrogens is 1. The molecule has 1 unspecified atom stereocenters. The molecule has 0 aliphatic carbocycles. The number of rotatable bonds is 3. The van der Waals surface area contributed by atoms with Gasteiger partial charge in [0.2, 0.25) is 0 Å². The van der Waals surface area contributed by atoms with Crippen molar-refractivity contribution in [2.75, 3.05) is 6.61 Å². The fraction of sp³-hybridized carbons (Fsp3) is 0.267. The van der Waals surface area contributed by atoms with Crippen molar-refractivity contribution in [3.63, 3.8) is 0 Å². The van der Waals surface area contributed by atoms with Gasteiger partial charge in [-0.15, -0.1) is 0 Å². The topological polar surface area (TPSA) is 34.2 Å².